The van der Waals surface area contributed by atoms with Crippen LogP contribution in [0.15, 0.2) is 27.1 Å². The SMILES string of the molecule is CN=C(NCCCNC(=O)c1occc1C)NCc1csc(N(C)C)n1.I. The van der Waals surface area contributed by atoms with E-state index in [1.807, 2.05) is 31.3 Å². The molecule has 0 aliphatic heterocycles. The number of halogens is 1. The standard InChI is InChI=1S/C17H26N6O2S.HI/c1-12-6-9-25-14(12)15(24)19-7-5-8-20-16(18-2)21-10-13-11-26-17(22-13)23(3)4;/h6,9,11H,5,7-8,10H2,1-4H3,(H,19,24)(H2,18,20,21);1H. The second kappa shape index (κ2) is 11.8. The Morgan fingerprint density at radius 3 is 2.63 bits per heavy atom. The van der Waals surface area contributed by atoms with Gasteiger partial charge < -0.3 is 25.3 Å². The van der Waals surface area contributed by atoms with Gasteiger partial charge in [0, 0.05) is 45.2 Å². The smallest absolute Gasteiger partial charge is 0.287 e. The number of hydrogen-bond donors (Lipinski definition) is 3. The number of nitrogens with zero attached hydrogens (tertiary/aromatic N) is 3. The van der Waals surface area contributed by atoms with Crippen molar-refractivity contribution in [1.82, 2.24) is 20.9 Å². The van der Waals surface area contributed by atoms with Crippen molar-refractivity contribution < 1.29 is 9.21 Å². The zero-order chi connectivity index (χ0) is 18.9. The monoisotopic (exact) mass is 506 g/mol. The fourth-order valence-electron chi connectivity index (χ4n) is 2.16. The lowest BCUT2D eigenvalue weighted by Gasteiger charge is -2.11. The molecule has 10 heteroatoms. The first kappa shape index (κ1) is 23.2. The molecule has 0 spiro atoms. The molecule has 0 atom stereocenters. The predicted molar refractivity (Wildman–Crippen MR) is 120 cm³/mol. The minimum atomic E-state index is -0.185. The molecule has 0 aliphatic carbocycles. The summed E-state index contributed by atoms with van der Waals surface area (Å²) in [6.07, 6.45) is 2.29. The Balaban J connectivity index is 0.00000364. The highest BCUT2D eigenvalue weighted by Crippen LogP contribution is 2.17. The quantitative estimate of drug-likeness (QED) is 0.220. The van der Waals surface area contributed by atoms with Gasteiger partial charge in [0.15, 0.2) is 16.9 Å². The lowest BCUT2D eigenvalue weighted by atomic mass is 10.2. The lowest BCUT2D eigenvalue weighted by molar-refractivity contribution is 0.0925. The first-order valence-electron chi connectivity index (χ1n) is 8.39. The number of guanidine groups is 1. The van der Waals surface area contributed by atoms with Crippen LogP contribution in [0.1, 0.15) is 28.2 Å². The van der Waals surface area contributed by atoms with Crippen molar-refractivity contribution in [1.29, 1.82) is 0 Å². The van der Waals surface area contributed by atoms with Crippen LogP contribution in [-0.2, 0) is 6.54 Å². The molecule has 8 nitrogen and oxygen atoms in total. The third-order valence-corrected chi connectivity index (χ3v) is 4.64. The second-order valence-electron chi connectivity index (χ2n) is 5.91. The summed E-state index contributed by atoms with van der Waals surface area (Å²) in [5.74, 6) is 0.892. The number of carbonyl (C=O) groups excluding carboxylic acids is 1. The number of amides is 1. The number of nitrogens with one attached hydrogen (secondary N) is 3. The number of aromatic nitrogens is 1. The number of thiazole rings is 1. The Morgan fingerprint density at radius 1 is 1.30 bits per heavy atom. The first-order chi connectivity index (χ1) is 12.5. The molecule has 0 aliphatic rings. The van der Waals surface area contributed by atoms with E-state index >= 15 is 0 Å². The van der Waals surface area contributed by atoms with E-state index in [1.54, 1.807) is 24.5 Å². The van der Waals surface area contributed by atoms with Gasteiger partial charge in [0.1, 0.15) is 0 Å². The molecular formula is C17H27IN6O2S. The Bertz CT molecular complexity index is 743. The molecule has 27 heavy (non-hydrogen) atoms. The lowest BCUT2D eigenvalue weighted by Crippen LogP contribution is -2.38. The summed E-state index contributed by atoms with van der Waals surface area (Å²) < 4.78 is 5.16. The molecule has 0 unspecified atom stereocenters. The largest absolute Gasteiger partial charge is 0.459 e. The molecule has 0 bridgehead atoms. The van der Waals surface area contributed by atoms with E-state index in [9.17, 15) is 4.79 Å². The van der Waals surface area contributed by atoms with E-state index < -0.39 is 0 Å². The molecule has 150 valence electrons. The van der Waals surface area contributed by atoms with E-state index in [0.717, 1.165) is 22.8 Å². The molecule has 0 aromatic carbocycles. The van der Waals surface area contributed by atoms with Crippen molar-refractivity contribution in [2.45, 2.75) is 19.9 Å². The zero-order valence-electron chi connectivity index (χ0n) is 16.0. The highest BCUT2D eigenvalue weighted by molar-refractivity contribution is 14.0. The van der Waals surface area contributed by atoms with Crippen LogP contribution in [0.3, 0.4) is 0 Å². The highest BCUT2D eigenvalue weighted by atomic mass is 127. The minimum Gasteiger partial charge on any atom is -0.459 e. The van der Waals surface area contributed by atoms with Gasteiger partial charge in [-0.05, 0) is 19.4 Å². The van der Waals surface area contributed by atoms with Crippen LogP contribution in [0.2, 0.25) is 0 Å². The molecule has 2 aromatic rings. The van der Waals surface area contributed by atoms with E-state index in [2.05, 4.69) is 25.9 Å². The van der Waals surface area contributed by atoms with Gasteiger partial charge in [-0.1, -0.05) is 0 Å². The average molecular weight is 506 g/mol. The molecule has 0 saturated carbocycles. The van der Waals surface area contributed by atoms with Gasteiger partial charge in [-0.3, -0.25) is 9.79 Å². The summed E-state index contributed by atoms with van der Waals surface area (Å²) in [4.78, 5) is 22.6. The molecule has 2 aromatic heterocycles. The number of aryl methyl sites for hydroxylation is 1. The number of rotatable bonds is 8. The molecule has 0 radical (unpaired) electrons. The average Bonchev–Trinajstić information content (AvgIpc) is 3.26. The van der Waals surface area contributed by atoms with E-state index in [4.69, 9.17) is 4.42 Å². The van der Waals surface area contributed by atoms with Crippen LogP contribution < -0.4 is 20.9 Å². The Hall–Kier alpha value is -1.82. The number of aliphatic imine (C=N–C) groups is 1. The van der Waals surface area contributed by atoms with Crippen molar-refractivity contribution in [3.63, 3.8) is 0 Å². The van der Waals surface area contributed by atoms with E-state index in [0.29, 0.717) is 31.4 Å². The fourth-order valence-corrected chi connectivity index (χ4v) is 2.92. The van der Waals surface area contributed by atoms with Crippen molar-refractivity contribution >= 4 is 52.3 Å². The molecule has 2 rings (SSSR count). The van der Waals surface area contributed by atoms with Crippen LogP contribution in [0.4, 0.5) is 5.13 Å². The van der Waals surface area contributed by atoms with Crippen LogP contribution in [0.5, 0.6) is 0 Å². The van der Waals surface area contributed by atoms with Crippen LogP contribution in [0, 0.1) is 6.92 Å². The minimum absolute atomic E-state index is 0. The highest BCUT2D eigenvalue weighted by Gasteiger charge is 2.11. The van der Waals surface area contributed by atoms with Crippen LogP contribution >= 0.6 is 35.3 Å². The normalized spacial score (nSPS) is 10.9. The van der Waals surface area contributed by atoms with Crippen molar-refractivity contribution in [3.8, 4) is 0 Å². The molecule has 0 saturated heterocycles. The number of furan rings is 1. The van der Waals surface area contributed by atoms with Gasteiger partial charge in [-0.25, -0.2) is 4.98 Å². The topological polar surface area (TPSA) is 94.8 Å². The van der Waals surface area contributed by atoms with Gasteiger partial charge in [0.25, 0.3) is 5.91 Å². The number of hydrogen-bond acceptors (Lipinski definition) is 6. The van der Waals surface area contributed by atoms with Gasteiger partial charge >= 0.3 is 0 Å². The summed E-state index contributed by atoms with van der Waals surface area (Å²) in [5, 5.41) is 12.3. The summed E-state index contributed by atoms with van der Waals surface area (Å²) in [6.45, 7) is 3.70. The van der Waals surface area contributed by atoms with Gasteiger partial charge in [0.05, 0.1) is 18.5 Å². The Kier molecular flexibility index (Phi) is 10.1. The van der Waals surface area contributed by atoms with Crippen LogP contribution in [-0.4, -0.2) is 51.1 Å². The third kappa shape index (κ3) is 7.37. The number of anilines is 1. The van der Waals surface area contributed by atoms with Crippen molar-refractivity contribution in [3.05, 3.63) is 34.7 Å². The number of carbonyl (C=O) groups is 1. The van der Waals surface area contributed by atoms with Crippen LogP contribution in [0.25, 0.3) is 0 Å². The summed E-state index contributed by atoms with van der Waals surface area (Å²) in [5.41, 5.74) is 1.81. The maximum Gasteiger partial charge on any atom is 0.287 e. The summed E-state index contributed by atoms with van der Waals surface area (Å²) in [6, 6.07) is 1.77. The fraction of sp³-hybridized carbons (Fsp3) is 0.471. The summed E-state index contributed by atoms with van der Waals surface area (Å²) in [7, 11) is 5.67. The third-order valence-electron chi connectivity index (χ3n) is 3.58. The molecule has 2 heterocycles. The van der Waals surface area contributed by atoms with Gasteiger partial charge in [0.2, 0.25) is 0 Å². The Labute approximate surface area is 180 Å². The van der Waals surface area contributed by atoms with Gasteiger partial charge in [-0.2, -0.15) is 0 Å². The summed E-state index contributed by atoms with van der Waals surface area (Å²) >= 11 is 1.61. The predicted octanol–water partition coefficient (Wildman–Crippen LogP) is 2.21. The van der Waals surface area contributed by atoms with E-state index in [1.165, 1.54) is 6.26 Å². The van der Waals surface area contributed by atoms with Crippen molar-refractivity contribution in [2.75, 3.05) is 39.1 Å². The maximum atomic E-state index is 11.9. The maximum absolute atomic E-state index is 11.9. The molecular weight excluding hydrogens is 479 g/mol. The molecule has 0 fully saturated rings. The first-order valence-corrected chi connectivity index (χ1v) is 9.27. The van der Waals surface area contributed by atoms with Crippen molar-refractivity contribution in [2.24, 2.45) is 4.99 Å². The van der Waals surface area contributed by atoms with Gasteiger partial charge in [-0.15, -0.1) is 35.3 Å². The Morgan fingerprint density at radius 2 is 2.04 bits per heavy atom. The molecule has 3 N–H and O–H groups in total. The second-order valence-corrected chi connectivity index (χ2v) is 6.75. The van der Waals surface area contributed by atoms with E-state index in [-0.39, 0.29) is 29.9 Å². The zero-order valence-corrected chi connectivity index (χ0v) is 19.2. The molecule has 1 amide bonds.